The fraction of sp³-hybridized carbons (Fsp3) is 0.409. The van der Waals surface area contributed by atoms with Crippen LogP contribution in [0.2, 0.25) is 0 Å². The number of aliphatic hydroxyl groups excluding tert-OH is 1. The second-order valence-electron chi connectivity index (χ2n) is 8.88. The molecule has 0 saturated carbocycles. The van der Waals surface area contributed by atoms with E-state index in [0.29, 0.717) is 22.5 Å². The number of anilines is 1. The molecule has 1 unspecified atom stereocenters. The van der Waals surface area contributed by atoms with Crippen molar-refractivity contribution in [3.8, 4) is 6.07 Å². The van der Waals surface area contributed by atoms with Gasteiger partial charge >= 0.3 is 0 Å². The van der Waals surface area contributed by atoms with Gasteiger partial charge in [0.25, 0.3) is 0 Å². The molecule has 176 valence electrons. The maximum absolute atomic E-state index is 15.0. The summed E-state index contributed by atoms with van der Waals surface area (Å²) >= 11 is 0. The molecule has 1 aliphatic rings. The van der Waals surface area contributed by atoms with Gasteiger partial charge in [0.15, 0.2) is 6.23 Å². The summed E-state index contributed by atoms with van der Waals surface area (Å²) in [4.78, 5) is 4.13. The average Bonchev–Trinajstić information content (AvgIpc) is 2.77. The lowest BCUT2D eigenvalue weighted by Gasteiger charge is -2.33. The number of hydrogen-bond acceptors (Lipinski definition) is 7. The van der Waals surface area contributed by atoms with E-state index >= 15 is 0 Å². The Morgan fingerprint density at radius 1 is 1.36 bits per heavy atom. The Hall–Kier alpha value is -3.07. The number of halogens is 1. The zero-order valence-corrected chi connectivity index (χ0v) is 19.9. The van der Waals surface area contributed by atoms with Crippen molar-refractivity contribution in [3.63, 3.8) is 0 Å². The van der Waals surface area contributed by atoms with Crippen LogP contribution in [-0.2, 0) is 15.6 Å². The summed E-state index contributed by atoms with van der Waals surface area (Å²) in [5, 5.41) is 33.8. The van der Waals surface area contributed by atoms with E-state index in [0.717, 1.165) is 4.31 Å². The molecule has 0 radical (unpaired) electrons. The van der Waals surface area contributed by atoms with E-state index in [-0.39, 0.29) is 17.9 Å². The van der Waals surface area contributed by atoms with Crippen molar-refractivity contribution in [2.45, 2.75) is 44.2 Å². The van der Waals surface area contributed by atoms with Crippen molar-refractivity contribution in [2.75, 3.05) is 18.9 Å². The van der Waals surface area contributed by atoms with Crippen molar-refractivity contribution in [2.24, 2.45) is 0 Å². The molecule has 1 aliphatic heterocycles. The molecule has 9 nitrogen and oxygen atoms in total. The number of hydrogen-bond donors (Lipinski definition) is 4. The second kappa shape index (κ2) is 8.37. The van der Waals surface area contributed by atoms with E-state index in [4.69, 9.17) is 10.7 Å². The van der Waals surface area contributed by atoms with Gasteiger partial charge in [0.2, 0.25) is 10.0 Å². The molecule has 3 rings (SSSR count). The van der Waals surface area contributed by atoms with Gasteiger partial charge in [-0.2, -0.15) is 5.26 Å². The number of aryl methyl sites for hydroxylation is 1. The first-order chi connectivity index (χ1) is 15.2. The SMILES string of the molecule is Cc1cc(C#N)cnc1C(O)Nc1ccc(F)c([C@]2(C)CN(C)S(=O)(=O)C(C)(C)C(=N)N2)c1. The van der Waals surface area contributed by atoms with Crippen LogP contribution in [0.4, 0.5) is 10.1 Å². The van der Waals surface area contributed by atoms with Crippen LogP contribution in [0.3, 0.4) is 0 Å². The van der Waals surface area contributed by atoms with E-state index in [9.17, 15) is 17.9 Å². The molecule has 1 aromatic heterocycles. The molecule has 1 aromatic carbocycles. The van der Waals surface area contributed by atoms with Gasteiger partial charge in [-0.3, -0.25) is 10.4 Å². The number of benzene rings is 1. The Kier molecular flexibility index (Phi) is 6.23. The highest BCUT2D eigenvalue weighted by Gasteiger charge is 2.49. The van der Waals surface area contributed by atoms with E-state index in [2.05, 4.69) is 15.6 Å². The van der Waals surface area contributed by atoms with Gasteiger partial charge in [0.05, 0.1) is 16.8 Å². The molecule has 33 heavy (non-hydrogen) atoms. The van der Waals surface area contributed by atoms with E-state index in [1.54, 1.807) is 19.9 Å². The zero-order chi connectivity index (χ0) is 24.8. The largest absolute Gasteiger partial charge is 0.368 e. The minimum atomic E-state index is -3.86. The number of aromatic nitrogens is 1. The van der Waals surface area contributed by atoms with Crippen molar-refractivity contribution < 1.29 is 17.9 Å². The van der Waals surface area contributed by atoms with Crippen LogP contribution in [-0.4, -0.2) is 47.0 Å². The lowest BCUT2D eigenvalue weighted by Crippen LogP contribution is -2.51. The predicted octanol–water partition coefficient (Wildman–Crippen LogP) is 2.34. The van der Waals surface area contributed by atoms with Gasteiger partial charge in [-0.1, -0.05) is 0 Å². The number of pyridine rings is 1. The zero-order valence-electron chi connectivity index (χ0n) is 19.1. The number of nitrogens with zero attached hydrogens (tertiary/aromatic N) is 3. The van der Waals surface area contributed by atoms with E-state index in [1.807, 2.05) is 6.07 Å². The molecule has 2 heterocycles. The molecule has 2 aromatic rings. The Labute approximate surface area is 192 Å². The third kappa shape index (κ3) is 4.29. The molecule has 1 fully saturated rings. The van der Waals surface area contributed by atoms with E-state index in [1.165, 1.54) is 45.3 Å². The summed E-state index contributed by atoms with van der Waals surface area (Å²) in [5.74, 6) is -0.833. The van der Waals surface area contributed by atoms with Gasteiger partial charge in [-0.05, 0) is 57.5 Å². The highest BCUT2D eigenvalue weighted by Crippen LogP contribution is 2.34. The number of rotatable bonds is 4. The van der Waals surface area contributed by atoms with Crippen LogP contribution in [0, 0.1) is 29.5 Å². The number of nitriles is 1. The Balaban J connectivity index is 1.97. The Morgan fingerprint density at radius 2 is 2.03 bits per heavy atom. The third-order valence-corrected chi connectivity index (χ3v) is 8.41. The van der Waals surface area contributed by atoms with Crippen LogP contribution in [0.15, 0.2) is 30.5 Å². The topological polar surface area (TPSA) is 142 Å². The highest BCUT2D eigenvalue weighted by molar-refractivity contribution is 7.91. The number of aliphatic hydroxyl groups is 1. The number of amidine groups is 1. The minimum Gasteiger partial charge on any atom is -0.368 e. The van der Waals surface area contributed by atoms with Gasteiger partial charge < -0.3 is 15.7 Å². The molecular formula is C22H27FN6O3S. The molecular weight excluding hydrogens is 447 g/mol. The molecule has 0 aliphatic carbocycles. The maximum atomic E-state index is 15.0. The van der Waals surface area contributed by atoms with E-state index < -0.39 is 32.4 Å². The summed E-state index contributed by atoms with van der Waals surface area (Å²) in [6.45, 7) is 6.08. The molecule has 1 saturated heterocycles. The van der Waals surface area contributed by atoms with Crippen molar-refractivity contribution >= 4 is 21.5 Å². The summed E-state index contributed by atoms with van der Waals surface area (Å²) in [6, 6.07) is 7.71. The lowest BCUT2D eigenvalue weighted by atomic mass is 9.90. The van der Waals surface area contributed by atoms with Gasteiger partial charge in [0, 0.05) is 31.0 Å². The van der Waals surface area contributed by atoms with Gasteiger partial charge in [-0.25, -0.2) is 17.1 Å². The molecule has 4 N–H and O–H groups in total. The normalized spacial score (nSPS) is 23.2. The summed E-state index contributed by atoms with van der Waals surface area (Å²) < 4.78 is 40.4. The first kappa shape index (κ1) is 24.6. The van der Waals surface area contributed by atoms with Crippen molar-refractivity contribution in [1.82, 2.24) is 14.6 Å². The standard InChI is InChI=1S/C22H27FN6O3S/c1-13-8-14(10-24)11-26-18(13)19(30)27-15-6-7-17(23)16(9-15)22(4)12-29(5)33(31,32)21(2,3)20(25)28-22/h6-9,11,19,27,30H,12H2,1-5H3,(H2,25,28)/t19?,22-/m0/s1. The third-order valence-electron chi connectivity index (χ3n) is 5.97. The van der Waals surface area contributed by atoms with Crippen LogP contribution in [0.1, 0.15) is 49.4 Å². The second-order valence-corrected chi connectivity index (χ2v) is 11.5. The maximum Gasteiger partial charge on any atom is 0.226 e. The fourth-order valence-electron chi connectivity index (χ4n) is 3.86. The predicted molar refractivity (Wildman–Crippen MR) is 123 cm³/mol. The quantitative estimate of drug-likeness (QED) is 0.498. The highest BCUT2D eigenvalue weighted by atomic mass is 32.2. The summed E-state index contributed by atoms with van der Waals surface area (Å²) in [6.07, 6.45) is 0.120. The van der Waals surface area contributed by atoms with Crippen LogP contribution in [0.25, 0.3) is 0 Å². The first-order valence-electron chi connectivity index (χ1n) is 10.2. The Morgan fingerprint density at radius 3 is 2.64 bits per heavy atom. The molecule has 0 bridgehead atoms. The summed E-state index contributed by atoms with van der Waals surface area (Å²) in [5.41, 5.74) is 0.539. The van der Waals surface area contributed by atoms with Crippen molar-refractivity contribution in [3.05, 3.63) is 58.7 Å². The number of nitrogens with one attached hydrogen (secondary N) is 3. The number of likely N-dealkylation sites (N-methyl/N-ethyl adjacent to an activating group) is 1. The van der Waals surface area contributed by atoms with Crippen molar-refractivity contribution in [1.29, 1.82) is 10.7 Å². The van der Waals surface area contributed by atoms with Crippen LogP contribution >= 0.6 is 0 Å². The minimum absolute atomic E-state index is 0.111. The first-order valence-corrected chi connectivity index (χ1v) is 11.6. The summed E-state index contributed by atoms with van der Waals surface area (Å²) in [7, 11) is -2.45. The lowest BCUT2D eigenvalue weighted by molar-refractivity contribution is 0.202. The van der Waals surface area contributed by atoms with Gasteiger partial charge in [-0.15, -0.1) is 0 Å². The average molecular weight is 475 g/mol. The Bertz CT molecular complexity index is 1260. The molecule has 0 spiro atoms. The van der Waals surface area contributed by atoms with Crippen LogP contribution < -0.4 is 10.6 Å². The number of sulfonamides is 1. The molecule has 11 heteroatoms. The monoisotopic (exact) mass is 474 g/mol. The fourth-order valence-corrected chi connectivity index (χ4v) is 5.38. The molecule has 2 atom stereocenters. The smallest absolute Gasteiger partial charge is 0.226 e. The molecule has 0 amide bonds. The van der Waals surface area contributed by atoms with Crippen LogP contribution in [0.5, 0.6) is 0 Å². The van der Waals surface area contributed by atoms with Gasteiger partial charge in [0.1, 0.15) is 22.5 Å².